The van der Waals surface area contributed by atoms with Crippen LogP contribution in [0.5, 0.6) is 0 Å². The van der Waals surface area contributed by atoms with E-state index in [0.717, 1.165) is 18.9 Å². The summed E-state index contributed by atoms with van der Waals surface area (Å²) in [6.07, 6.45) is -2.46. The summed E-state index contributed by atoms with van der Waals surface area (Å²) >= 11 is 5.62. The molecule has 0 N–H and O–H groups in total. The van der Waals surface area contributed by atoms with Crippen LogP contribution in [0.25, 0.3) is 0 Å². The number of halogens is 4. The third-order valence-electron chi connectivity index (χ3n) is 3.28. The third kappa shape index (κ3) is 3.37. The summed E-state index contributed by atoms with van der Waals surface area (Å²) in [5.41, 5.74) is -0.0663. The van der Waals surface area contributed by atoms with Crippen molar-refractivity contribution in [1.82, 2.24) is 0 Å². The molecular formula is C14H14ClF3N2. The Hall–Kier alpha value is -1.41. The lowest BCUT2D eigenvalue weighted by Crippen LogP contribution is -2.29. The van der Waals surface area contributed by atoms with Crippen molar-refractivity contribution in [2.45, 2.75) is 37.4 Å². The van der Waals surface area contributed by atoms with Crippen LogP contribution in [-0.2, 0) is 12.1 Å². The molecule has 2 nitrogen and oxygen atoms in total. The molecule has 1 aromatic carbocycles. The standard InChI is InChI=1S/C14H14ClF3N2/c15-9-10-2-5-13(12(8-10)14(16,17)18)20(7-1-6-19)11-3-4-11/h2,5,8,11H,1,3-4,7,9H2. The Kier molecular flexibility index (Phi) is 4.44. The monoisotopic (exact) mass is 302 g/mol. The Balaban J connectivity index is 2.40. The SMILES string of the molecule is N#CCCN(c1ccc(CCl)cc1C(F)(F)F)C1CC1. The van der Waals surface area contributed by atoms with E-state index in [-0.39, 0.29) is 24.0 Å². The number of hydrogen-bond donors (Lipinski definition) is 0. The largest absolute Gasteiger partial charge is 0.418 e. The average Bonchev–Trinajstić information content (AvgIpc) is 3.23. The summed E-state index contributed by atoms with van der Waals surface area (Å²) in [5.74, 6) is 0.0466. The summed E-state index contributed by atoms with van der Waals surface area (Å²) in [7, 11) is 0. The molecule has 1 fully saturated rings. The average molecular weight is 303 g/mol. The normalized spacial score (nSPS) is 14.9. The first-order valence-corrected chi connectivity index (χ1v) is 6.90. The molecule has 0 radical (unpaired) electrons. The predicted octanol–water partition coefficient (Wildman–Crippen LogP) is 4.33. The van der Waals surface area contributed by atoms with Gasteiger partial charge in [-0.05, 0) is 30.5 Å². The van der Waals surface area contributed by atoms with Crippen molar-refractivity contribution in [2.24, 2.45) is 0 Å². The van der Waals surface area contributed by atoms with Crippen LogP contribution in [0.2, 0.25) is 0 Å². The van der Waals surface area contributed by atoms with E-state index in [2.05, 4.69) is 0 Å². The predicted molar refractivity (Wildman–Crippen MR) is 71.6 cm³/mol. The van der Waals surface area contributed by atoms with Crippen LogP contribution in [0.4, 0.5) is 18.9 Å². The highest BCUT2D eigenvalue weighted by Crippen LogP contribution is 2.41. The molecule has 0 aliphatic heterocycles. The Morgan fingerprint density at radius 2 is 2.05 bits per heavy atom. The molecule has 0 amide bonds. The van der Waals surface area contributed by atoms with Crippen molar-refractivity contribution in [3.63, 3.8) is 0 Å². The molecule has 1 saturated carbocycles. The maximum absolute atomic E-state index is 13.2. The van der Waals surface area contributed by atoms with E-state index in [0.29, 0.717) is 12.1 Å². The van der Waals surface area contributed by atoms with Gasteiger partial charge in [-0.3, -0.25) is 0 Å². The van der Waals surface area contributed by atoms with E-state index in [4.69, 9.17) is 16.9 Å². The minimum atomic E-state index is -4.42. The van der Waals surface area contributed by atoms with Crippen LogP contribution in [0, 0.1) is 11.3 Å². The van der Waals surface area contributed by atoms with Crippen LogP contribution < -0.4 is 4.90 Å². The molecule has 1 aromatic rings. The van der Waals surface area contributed by atoms with Gasteiger partial charge in [-0.15, -0.1) is 11.6 Å². The Morgan fingerprint density at radius 1 is 1.35 bits per heavy atom. The van der Waals surface area contributed by atoms with Gasteiger partial charge in [0, 0.05) is 24.2 Å². The quantitative estimate of drug-likeness (QED) is 0.757. The Labute approximate surface area is 120 Å². The number of hydrogen-bond acceptors (Lipinski definition) is 2. The molecule has 20 heavy (non-hydrogen) atoms. The van der Waals surface area contributed by atoms with Crippen molar-refractivity contribution in [3.8, 4) is 6.07 Å². The molecule has 108 valence electrons. The highest BCUT2D eigenvalue weighted by atomic mass is 35.5. The van der Waals surface area contributed by atoms with Gasteiger partial charge in [-0.2, -0.15) is 18.4 Å². The summed E-state index contributed by atoms with van der Waals surface area (Å²) in [6, 6.07) is 6.28. The van der Waals surface area contributed by atoms with Gasteiger partial charge in [-0.25, -0.2) is 0 Å². The van der Waals surface area contributed by atoms with Gasteiger partial charge >= 0.3 is 6.18 Å². The molecule has 0 aromatic heterocycles. The van der Waals surface area contributed by atoms with Gasteiger partial charge in [-0.1, -0.05) is 6.07 Å². The van der Waals surface area contributed by atoms with Crippen LogP contribution in [-0.4, -0.2) is 12.6 Å². The molecule has 1 aliphatic rings. The zero-order valence-electron chi connectivity index (χ0n) is 10.8. The molecule has 6 heteroatoms. The minimum Gasteiger partial charge on any atom is -0.367 e. The topological polar surface area (TPSA) is 27.0 Å². The lowest BCUT2D eigenvalue weighted by molar-refractivity contribution is -0.137. The zero-order chi connectivity index (χ0) is 14.8. The number of nitriles is 1. The molecule has 0 atom stereocenters. The lowest BCUT2D eigenvalue weighted by atomic mass is 10.1. The summed E-state index contributed by atoms with van der Waals surface area (Å²) in [6.45, 7) is 0.324. The fourth-order valence-corrected chi connectivity index (χ4v) is 2.37. The van der Waals surface area contributed by atoms with Gasteiger partial charge in [0.05, 0.1) is 18.1 Å². The van der Waals surface area contributed by atoms with Crippen molar-refractivity contribution < 1.29 is 13.2 Å². The zero-order valence-corrected chi connectivity index (χ0v) is 11.5. The lowest BCUT2D eigenvalue weighted by Gasteiger charge is -2.27. The van der Waals surface area contributed by atoms with Crippen LogP contribution in [0.1, 0.15) is 30.4 Å². The first kappa shape index (κ1) is 15.0. The fourth-order valence-electron chi connectivity index (χ4n) is 2.20. The molecule has 1 aliphatic carbocycles. The first-order chi connectivity index (χ1) is 9.47. The highest BCUT2D eigenvalue weighted by Gasteiger charge is 2.38. The molecule has 0 spiro atoms. The minimum absolute atomic E-state index is 0.0466. The molecule has 2 rings (SSSR count). The number of benzene rings is 1. The number of nitrogens with zero attached hydrogens (tertiary/aromatic N) is 2. The van der Waals surface area contributed by atoms with Crippen molar-refractivity contribution >= 4 is 17.3 Å². The summed E-state index contributed by atoms with van der Waals surface area (Å²) in [5, 5.41) is 8.66. The van der Waals surface area contributed by atoms with E-state index in [1.165, 1.54) is 6.07 Å². The third-order valence-corrected chi connectivity index (χ3v) is 3.59. The highest BCUT2D eigenvalue weighted by molar-refractivity contribution is 6.17. The van der Waals surface area contributed by atoms with Gasteiger partial charge in [0.1, 0.15) is 0 Å². The van der Waals surface area contributed by atoms with Crippen molar-refractivity contribution in [1.29, 1.82) is 5.26 Å². The van der Waals surface area contributed by atoms with Gasteiger partial charge in [0.2, 0.25) is 0 Å². The van der Waals surface area contributed by atoms with E-state index in [9.17, 15) is 13.2 Å². The maximum atomic E-state index is 13.2. The van der Waals surface area contributed by atoms with Gasteiger partial charge in [0.25, 0.3) is 0 Å². The number of anilines is 1. The van der Waals surface area contributed by atoms with Gasteiger partial charge in [0.15, 0.2) is 0 Å². The maximum Gasteiger partial charge on any atom is 0.418 e. The number of rotatable bonds is 5. The van der Waals surface area contributed by atoms with E-state index in [1.54, 1.807) is 11.0 Å². The Morgan fingerprint density at radius 3 is 2.55 bits per heavy atom. The second kappa shape index (κ2) is 5.92. The smallest absolute Gasteiger partial charge is 0.367 e. The van der Waals surface area contributed by atoms with Gasteiger partial charge < -0.3 is 4.90 Å². The second-order valence-electron chi connectivity index (χ2n) is 4.82. The molecule has 0 heterocycles. The fraction of sp³-hybridized carbons (Fsp3) is 0.500. The van der Waals surface area contributed by atoms with Crippen LogP contribution in [0.15, 0.2) is 18.2 Å². The van der Waals surface area contributed by atoms with E-state index in [1.807, 2.05) is 6.07 Å². The molecule has 0 bridgehead atoms. The van der Waals surface area contributed by atoms with E-state index < -0.39 is 11.7 Å². The Bertz CT molecular complexity index is 518. The summed E-state index contributed by atoms with van der Waals surface area (Å²) in [4.78, 5) is 1.70. The molecule has 0 unspecified atom stereocenters. The van der Waals surface area contributed by atoms with Crippen LogP contribution >= 0.6 is 11.6 Å². The molecular weight excluding hydrogens is 289 g/mol. The van der Waals surface area contributed by atoms with Crippen molar-refractivity contribution in [3.05, 3.63) is 29.3 Å². The van der Waals surface area contributed by atoms with Crippen LogP contribution in [0.3, 0.4) is 0 Å². The van der Waals surface area contributed by atoms with Crippen molar-refractivity contribution in [2.75, 3.05) is 11.4 Å². The summed E-state index contributed by atoms with van der Waals surface area (Å²) < 4.78 is 39.6. The molecule has 0 saturated heterocycles. The first-order valence-electron chi connectivity index (χ1n) is 6.37. The number of alkyl halides is 4. The van der Waals surface area contributed by atoms with E-state index >= 15 is 0 Å². The second-order valence-corrected chi connectivity index (χ2v) is 5.08.